The van der Waals surface area contributed by atoms with Crippen LogP contribution in [-0.4, -0.2) is 21.1 Å². The van der Waals surface area contributed by atoms with Gasteiger partial charge in [0.2, 0.25) is 5.82 Å². The van der Waals surface area contributed by atoms with Gasteiger partial charge in [-0.25, -0.2) is 4.79 Å². The molecular weight excluding hydrogens is 386 g/mol. The van der Waals surface area contributed by atoms with Gasteiger partial charge < -0.3 is 9.26 Å². The molecule has 0 amide bonds. The molecule has 29 heavy (non-hydrogen) atoms. The summed E-state index contributed by atoms with van der Waals surface area (Å²) in [6, 6.07) is 17.7. The highest BCUT2D eigenvalue weighted by Crippen LogP contribution is 2.28. The average molecular weight is 403 g/mol. The molecule has 3 heterocycles. The minimum absolute atomic E-state index is 0.230. The fraction of sp³-hybridized carbons (Fsp3) is 0.0909. The lowest BCUT2D eigenvalue weighted by Gasteiger charge is -2.06. The number of rotatable bonds is 6. The van der Waals surface area contributed by atoms with Crippen LogP contribution in [0.15, 0.2) is 77.6 Å². The molecule has 7 heteroatoms. The fourth-order valence-corrected chi connectivity index (χ4v) is 3.54. The molecule has 1 aromatic carbocycles. The van der Waals surface area contributed by atoms with Gasteiger partial charge in [0.1, 0.15) is 0 Å². The lowest BCUT2D eigenvalue weighted by molar-refractivity contribution is -0.143. The van der Waals surface area contributed by atoms with Gasteiger partial charge >= 0.3 is 5.97 Å². The van der Waals surface area contributed by atoms with Crippen LogP contribution in [0.4, 0.5) is 0 Å². The van der Waals surface area contributed by atoms with Crippen molar-refractivity contribution in [2.75, 3.05) is 0 Å². The van der Waals surface area contributed by atoms with Gasteiger partial charge in [0, 0.05) is 33.8 Å². The van der Waals surface area contributed by atoms with Crippen molar-refractivity contribution in [3.8, 4) is 21.8 Å². The zero-order valence-corrected chi connectivity index (χ0v) is 16.4. The van der Waals surface area contributed by atoms with Crippen molar-refractivity contribution >= 4 is 23.4 Å². The van der Waals surface area contributed by atoms with E-state index in [0.717, 1.165) is 20.9 Å². The van der Waals surface area contributed by atoms with Gasteiger partial charge in [0.05, 0.1) is 0 Å². The molecule has 0 saturated carbocycles. The van der Waals surface area contributed by atoms with Crippen molar-refractivity contribution in [1.29, 1.82) is 0 Å². The van der Waals surface area contributed by atoms with Crippen LogP contribution < -0.4 is 0 Å². The van der Waals surface area contributed by atoms with Crippen molar-refractivity contribution in [2.45, 2.75) is 13.0 Å². The Bertz CT molecular complexity index is 1120. The third-order valence-electron chi connectivity index (χ3n) is 4.07. The van der Waals surface area contributed by atoms with E-state index < -0.39 is 12.1 Å². The third kappa shape index (κ3) is 4.64. The Hall–Kier alpha value is -3.58. The van der Waals surface area contributed by atoms with Crippen LogP contribution in [0.3, 0.4) is 0 Å². The summed E-state index contributed by atoms with van der Waals surface area (Å²) in [5.74, 6) is 0.153. The van der Waals surface area contributed by atoms with Crippen molar-refractivity contribution in [1.82, 2.24) is 15.1 Å². The van der Waals surface area contributed by atoms with Crippen molar-refractivity contribution in [2.24, 2.45) is 0 Å². The molecule has 1 unspecified atom stereocenters. The van der Waals surface area contributed by atoms with E-state index >= 15 is 0 Å². The molecule has 0 aliphatic rings. The SMILES string of the molecule is CC(OC(=O)/C=C/c1ccc(-c2ccccc2)s1)c1nc(-c2cccnc2)no1. The minimum Gasteiger partial charge on any atom is -0.449 e. The normalized spacial score (nSPS) is 12.2. The molecule has 3 aromatic heterocycles. The first-order valence-corrected chi connectivity index (χ1v) is 9.78. The number of hydrogen-bond donors (Lipinski definition) is 0. The maximum absolute atomic E-state index is 12.1. The lowest BCUT2D eigenvalue weighted by Crippen LogP contribution is -2.06. The molecule has 0 bridgehead atoms. The molecule has 144 valence electrons. The summed E-state index contributed by atoms with van der Waals surface area (Å²) < 4.78 is 10.6. The first-order valence-electron chi connectivity index (χ1n) is 8.97. The Morgan fingerprint density at radius 3 is 2.72 bits per heavy atom. The molecule has 0 spiro atoms. The Morgan fingerprint density at radius 1 is 1.10 bits per heavy atom. The zero-order chi connectivity index (χ0) is 20.1. The highest BCUT2D eigenvalue weighted by Gasteiger charge is 2.18. The number of benzene rings is 1. The van der Waals surface area contributed by atoms with Gasteiger partial charge in [-0.15, -0.1) is 11.3 Å². The number of thiophene rings is 1. The highest BCUT2D eigenvalue weighted by molar-refractivity contribution is 7.16. The van der Waals surface area contributed by atoms with Crippen LogP contribution >= 0.6 is 11.3 Å². The number of nitrogens with zero attached hydrogens (tertiary/aromatic N) is 3. The standard InChI is InChI=1S/C22H17N3O3S/c1-15(22-24-21(25-28-22)17-8-5-13-23-14-17)27-20(26)12-10-18-9-11-19(29-18)16-6-3-2-4-7-16/h2-15H,1H3/b12-10+. The van der Waals surface area contributed by atoms with E-state index in [1.807, 2.05) is 36.4 Å². The second-order valence-electron chi connectivity index (χ2n) is 6.18. The van der Waals surface area contributed by atoms with Crippen LogP contribution in [0.5, 0.6) is 0 Å². The number of hydrogen-bond acceptors (Lipinski definition) is 7. The Kier molecular flexibility index (Phi) is 5.58. The van der Waals surface area contributed by atoms with E-state index in [4.69, 9.17) is 9.26 Å². The molecule has 0 aliphatic heterocycles. The van der Waals surface area contributed by atoms with Crippen LogP contribution in [0.1, 0.15) is 23.8 Å². The smallest absolute Gasteiger partial charge is 0.331 e. The summed E-state index contributed by atoms with van der Waals surface area (Å²) in [5, 5.41) is 3.91. The van der Waals surface area contributed by atoms with E-state index in [1.165, 1.54) is 6.08 Å². The maximum atomic E-state index is 12.1. The quantitative estimate of drug-likeness (QED) is 0.326. The van der Waals surface area contributed by atoms with E-state index in [1.54, 1.807) is 42.8 Å². The summed E-state index contributed by atoms with van der Waals surface area (Å²) in [7, 11) is 0. The molecule has 6 nitrogen and oxygen atoms in total. The summed E-state index contributed by atoms with van der Waals surface area (Å²) >= 11 is 1.60. The summed E-state index contributed by atoms with van der Waals surface area (Å²) in [6.07, 6.45) is 5.78. The van der Waals surface area contributed by atoms with E-state index in [9.17, 15) is 4.79 Å². The monoisotopic (exact) mass is 403 g/mol. The Labute approximate surface area is 171 Å². The fourth-order valence-electron chi connectivity index (χ4n) is 2.63. The van der Waals surface area contributed by atoms with Crippen LogP contribution in [0.25, 0.3) is 27.9 Å². The van der Waals surface area contributed by atoms with Crippen molar-refractivity contribution < 1.29 is 14.1 Å². The second-order valence-corrected chi connectivity index (χ2v) is 7.29. The highest BCUT2D eigenvalue weighted by atomic mass is 32.1. The van der Waals surface area contributed by atoms with Crippen molar-refractivity contribution in [3.63, 3.8) is 0 Å². The van der Waals surface area contributed by atoms with E-state index in [2.05, 4.69) is 27.3 Å². The molecule has 1 atom stereocenters. The summed E-state index contributed by atoms with van der Waals surface area (Å²) in [5.41, 5.74) is 1.88. The number of aromatic nitrogens is 3. The van der Waals surface area contributed by atoms with Crippen LogP contribution in [-0.2, 0) is 9.53 Å². The molecule has 0 aliphatic carbocycles. The van der Waals surface area contributed by atoms with Crippen LogP contribution in [0, 0.1) is 0 Å². The predicted octanol–water partition coefficient (Wildman–Crippen LogP) is 5.18. The molecule has 0 N–H and O–H groups in total. The number of carbonyl (C=O) groups excluding carboxylic acids is 1. The molecular formula is C22H17N3O3S. The molecule has 4 aromatic rings. The van der Waals surface area contributed by atoms with Gasteiger partial charge in [-0.05, 0) is 42.8 Å². The van der Waals surface area contributed by atoms with Gasteiger partial charge in [-0.3, -0.25) is 4.98 Å². The molecule has 0 fully saturated rings. The first-order chi connectivity index (χ1) is 14.2. The Morgan fingerprint density at radius 2 is 1.93 bits per heavy atom. The van der Waals surface area contributed by atoms with E-state index in [-0.39, 0.29) is 5.89 Å². The summed E-state index contributed by atoms with van der Waals surface area (Å²) in [6.45, 7) is 1.69. The first kappa shape index (κ1) is 18.8. The number of carbonyl (C=O) groups is 1. The van der Waals surface area contributed by atoms with Gasteiger partial charge in [-0.1, -0.05) is 35.5 Å². The molecule has 0 saturated heterocycles. The van der Waals surface area contributed by atoms with E-state index in [0.29, 0.717) is 5.82 Å². The largest absolute Gasteiger partial charge is 0.449 e. The van der Waals surface area contributed by atoms with Gasteiger partial charge in [0.15, 0.2) is 6.10 Å². The predicted molar refractivity (Wildman–Crippen MR) is 111 cm³/mol. The number of ether oxygens (including phenoxy) is 1. The Balaban J connectivity index is 1.37. The lowest BCUT2D eigenvalue weighted by atomic mass is 10.2. The topological polar surface area (TPSA) is 78.1 Å². The third-order valence-corrected chi connectivity index (χ3v) is 5.17. The average Bonchev–Trinajstić information content (AvgIpc) is 3.44. The minimum atomic E-state index is -0.659. The molecule has 0 radical (unpaired) electrons. The second kappa shape index (κ2) is 8.62. The number of esters is 1. The van der Waals surface area contributed by atoms with Crippen LogP contribution in [0.2, 0.25) is 0 Å². The van der Waals surface area contributed by atoms with Gasteiger partial charge in [0.25, 0.3) is 5.89 Å². The maximum Gasteiger partial charge on any atom is 0.331 e. The van der Waals surface area contributed by atoms with Gasteiger partial charge in [-0.2, -0.15) is 4.98 Å². The number of pyridine rings is 1. The van der Waals surface area contributed by atoms with Crippen molar-refractivity contribution in [3.05, 3.63) is 83.8 Å². The zero-order valence-electron chi connectivity index (χ0n) is 15.6. The molecule has 4 rings (SSSR count). The summed E-state index contributed by atoms with van der Waals surface area (Å²) in [4.78, 5) is 22.5.